The Morgan fingerprint density at radius 1 is 1.00 bits per heavy atom. The minimum absolute atomic E-state index is 0.0570. The van der Waals surface area contributed by atoms with Crippen LogP contribution in [0.25, 0.3) is 0 Å². The molecule has 0 bridgehead atoms. The van der Waals surface area contributed by atoms with E-state index in [1.165, 1.54) is 44.7 Å². The van der Waals surface area contributed by atoms with Crippen molar-refractivity contribution in [2.45, 2.75) is 4.90 Å². The van der Waals surface area contributed by atoms with E-state index >= 15 is 0 Å². The van der Waals surface area contributed by atoms with Gasteiger partial charge in [0.15, 0.2) is 11.5 Å². The maximum atomic E-state index is 13.2. The summed E-state index contributed by atoms with van der Waals surface area (Å²) in [5, 5.41) is 4.37. The molecule has 0 heterocycles. The van der Waals surface area contributed by atoms with Gasteiger partial charge in [0, 0.05) is 5.02 Å². The number of rotatable bonds is 9. The number of amides is 1. The highest BCUT2D eigenvalue weighted by atomic mass is 35.5. The minimum Gasteiger partial charge on any atom is -0.493 e. The Hall–Kier alpha value is -3.56. The topological polar surface area (TPSA) is 97.3 Å². The Labute approximate surface area is 197 Å². The van der Waals surface area contributed by atoms with Gasteiger partial charge in [-0.2, -0.15) is 5.10 Å². The van der Waals surface area contributed by atoms with Gasteiger partial charge in [-0.3, -0.25) is 9.10 Å². The molecule has 33 heavy (non-hydrogen) atoms. The van der Waals surface area contributed by atoms with Crippen LogP contribution in [-0.2, 0) is 14.8 Å². The maximum Gasteiger partial charge on any atom is 0.264 e. The van der Waals surface area contributed by atoms with Crippen LogP contribution >= 0.6 is 11.6 Å². The number of hydrogen-bond acceptors (Lipinski definition) is 6. The predicted molar refractivity (Wildman–Crippen MR) is 128 cm³/mol. The van der Waals surface area contributed by atoms with E-state index in [1.807, 2.05) is 0 Å². The fourth-order valence-corrected chi connectivity index (χ4v) is 4.49. The lowest BCUT2D eigenvalue weighted by Gasteiger charge is -2.23. The Morgan fingerprint density at radius 2 is 1.67 bits per heavy atom. The van der Waals surface area contributed by atoms with Crippen LogP contribution in [0.15, 0.2) is 82.8 Å². The molecular formula is C23H22ClN3O5S. The summed E-state index contributed by atoms with van der Waals surface area (Å²) in [6.07, 6.45) is 1.41. The summed E-state index contributed by atoms with van der Waals surface area (Å²) in [5.74, 6) is 0.445. The smallest absolute Gasteiger partial charge is 0.264 e. The number of carbonyl (C=O) groups excluding carboxylic acids is 1. The first-order valence-corrected chi connectivity index (χ1v) is 11.5. The molecule has 0 radical (unpaired) electrons. The summed E-state index contributed by atoms with van der Waals surface area (Å²) in [4.78, 5) is 12.6. The average Bonchev–Trinajstić information content (AvgIpc) is 2.83. The number of hydrogen-bond donors (Lipinski definition) is 1. The molecule has 1 amide bonds. The highest BCUT2D eigenvalue weighted by molar-refractivity contribution is 7.92. The normalized spacial score (nSPS) is 11.2. The minimum atomic E-state index is -4.01. The number of halogens is 1. The van der Waals surface area contributed by atoms with Crippen molar-refractivity contribution in [2.75, 3.05) is 25.1 Å². The molecule has 0 saturated heterocycles. The summed E-state index contributed by atoms with van der Waals surface area (Å²) in [6.45, 7) is -0.484. The molecule has 0 aromatic heterocycles. The van der Waals surface area contributed by atoms with E-state index in [-0.39, 0.29) is 4.90 Å². The fourth-order valence-electron chi connectivity index (χ4n) is 2.92. The maximum absolute atomic E-state index is 13.2. The van der Waals surface area contributed by atoms with E-state index in [2.05, 4.69) is 10.5 Å². The Kier molecular flexibility index (Phi) is 7.92. The zero-order valence-electron chi connectivity index (χ0n) is 17.9. The molecule has 0 saturated carbocycles. The SMILES string of the molecule is COc1ccc(/C=N\NC(=O)CN(c2ccc(Cl)cc2)S(=O)(=O)c2ccccc2)cc1OC. The Balaban J connectivity index is 1.79. The van der Waals surface area contributed by atoms with Crippen molar-refractivity contribution in [1.82, 2.24) is 5.43 Å². The van der Waals surface area contributed by atoms with Crippen LogP contribution in [0.2, 0.25) is 5.02 Å². The largest absolute Gasteiger partial charge is 0.493 e. The van der Waals surface area contributed by atoms with Gasteiger partial charge in [0.2, 0.25) is 0 Å². The molecular weight excluding hydrogens is 466 g/mol. The highest BCUT2D eigenvalue weighted by Crippen LogP contribution is 2.27. The van der Waals surface area contributed by atoms with Crippen molar-refractivity contribution in [3.8, 4) is 11.5 Å². The predicted octanol–water partition coefficient (Wildman–Crippen LogP) is 3.70. The van der Waals surface area contributed by atoms with Crippen LogP contribution in [0.3, 0.4) is 0 Å². The number of hydrazone groups is 1. The molecule has 0 aliphatic rings. The van der Waals surface area contributed by atoms with E-state index in [1.54, 1.807) is 48.5 Å². The lowest BCUT2D eigenvalue weighted by Crippen LogP contribution is -2.39. The molecule has 0 spiro atoms. The van der Waals surface area contributed by atoms with Crippen LogP contribution in [0, 0.1) is 0 Å². The summed E-state index contributed by atoms with van der Waals surface area (Å²) in [5.41, 5.74) is 3.30. The molecule has 0 atom stereocenters. The summed E-state index contributed by atoms with van der Waals surface area (Å²) < 4.78 is 37.9. The van der Waals surface area contributed by atoms with Gasteiger partial charge >= 0.3 is 0 Å². The number of carbonyl (C=O) groups is 1. The zero-order chi connectivity index (χ0) is 23.8. The van der Waals surface area contributed by atoms with Crippen molar-refractivity contribution in [1.29, 1.82) is 0 Å². The van der Waals surface area contributed by atoms with E-state index in [0.717, 1.165) is 4.31 Å². The fraction of sp³-hybridized carbons (Fsp3) is 0.130. The number of anilines is 1. The third-order valence-corrected chi connectivity index (χ3v) is 6.58. The van der Waals surface area contributed by atoms with E-state index in [9.17, 15) is 13.2 Å². The molecule has 3 rings (SSSR count). The highest BCUT2D eigenvalue weighted by Gasteiger charge is 2.27. The second-order valence-electron chi connectivity index (χ2n) is 6.71. The first-order chi connectivity index (χ1) is 15.8. The van der Waals surface area contributed by atoms with Crippen molar-refractivity contribution in [3.05, 3.63) is 83.4 Å². The van der Waals surface area contributed by atoms with Crippen molar-refractivity contribution < 1.29 is 22.7 Å². The molecule has 172 valence electrons. The molecule has 8 nitrogen and oxygen atoms in total. The number of ether oxygens (including phenoxy) is 2. The second-order valence-corrected chi connectivity index (χ2v) is 9.01. The second kappa shape index (κ2) is 10.8. The lowest BCUT2D eigenvalue weighted by molar-refractivity contribution is -0.119. The molecule has 3 aromatic carbocycles. The molecule has 0 unspecified atom stereocenters. The first kappa shape index (κ1) is 24.1. The first-order valence-electron chi connectivity index (χ1n) is 9.72. The molecule has 1 N–H and O–H groups in total. The van der Waals surface area contributed by atoms with Crippen LogP contribution in [0.1, 0.15) is 5.56 Å². The third-order valence-electron chi connectivity index (χ3n) is 4.54. The van der Waals surface area contributed by atoms with E-state index in [4.69, 9.17) is 21.1 Å². The lowest BCUT2D eigenvalue weighted by atomic mass is 10.2. The van der Waals surface area contributed by atoms with Crippen molar-refractivity contribution in [3.63, 3.8) is 0 Å². The van der Waals surface area contributed by atoms with Gasteiger partial charge in [-0.05, 0) is 60.2 Å². The van der Waals surface area contributed by atoms with Crippen molar-refractivity contribution >= 4 is 39.4 Å². The number of sulfonamides is 1. The number of methoxy groups -OCH3 is 2. The quantitative estimate of drug-likeness (QED) is 0.366. The van der Waals surface area contributed by atoms with Gasteiger partial charge in [-0.15, -0.1) is 0 Å². The molecule has 0 aliphatic heterocycles. The third kappa shape index (κ3) is 6.03. The van der Waals surface area contributed by atoms with Gasteiger partial charge in [-0.25, -0.2) is 13.8 Å². The van der Waals surface area contributed by atoms with Gasteiger partial charge in [0.1, 0.15) is 6.54 Å². The van der Waals surface area contributed by atoms with Gasteiger partial charge in [0.25, 0.3) is 15.9 Å². The van der Waals surface area contributed by atoms with Crippen LogP contribution in [-0.4, -0.2) is 41.3 Å². The molecule has 10 heteroatoms. The molecule has 0 aliphatic carbocycles. The molecule has 3 aromatic rings. The summed E-state index contributed by atoms with van der Waals surface area (Å²) >= 11 is 5.94. The monoisotopic (exact) mass is 487 g/mol. The van der Waals surface area contributed by atoms with Crippen LogP contribution < -0.4 is 19.2 Å². The summed E-state index contributed by atoms with van der Waals surface area (Å²) in [7, 11) is -0.966. The zero-order valence-corrected chi connectivity index (χ0v) is 19.5. The average molecular weight is 488 g/mol. The standard InChI is InChI=1S/C23H22ClN3O5S/c1-31-21-13-8-17(14-22(21)32-2)15-25-26-23(28)16-27(19-11-9-18(24)10-12-19)33(29,30)20-6-4-3-5-7-20/h3-15H,16H2,1-2H3,(H,26,28)/b25-15-. The van der Waals surface area contributed by atoms with Crippen LogP contribution in [0.5, 0.6) is 11.5 Å². The Bertz CT molecular complexity index is 1230. The van der Waals surface area contributed by atoms with E-state index in [0.29, 0.717) is 27.8 Å². The number of benzene rings is 3. The van der Waals surface area contributed by atoms with E-state index < -0.39 is 22.5 Å². The molecule has 0 fully saturated rings. The van der Waals surface area contributed by atoms with Crippen LogP contribution in [0.4, 0.5) is 5.69 Å². The van der Waals surface area contributed by atoms with Gasteiger partial charge in [0.05, 0.1) is 31.0 Å². The van der Waals surface area contributed by atoms with Crippen molar-refractivity contribution in [2.24, 2.45) is 5.10 Å². The van der Waals surface area contributed by atoms with Gasteiger partial charge in [-0.1, -0.05) is 29.8 Å². The number of nitrogens with zero attached hydrogens (tertiary/aromatic N) is 2. The summed E-state index contributed by atoms with van der Waals surface area (Å²) in [6, 6.07) is 19.2. The Morgan fingerprint density at radius 3 is 2.30 bits per heavy atom. The van der Waals surface area contributed by atoms with Gasteiger partial charge < -0.3 is 9.47 Å². The number of nitrogens with one attached hydrogen (secondary N) is 1.